The number of pyridine rings is 1. The number of fused-ring (bicyclic) bond motifs is 1. The molecule has 3 nitrogen and oxygen atoms in total. The summed E-state index contributed by atoms with van der Waals surface area (Å²) in [6, 6.07) is 5.62. The molecule has 0 aliphatic heterocycles. The summed E-state index contributed by atoms with van der Waals surface area (Å²) in [6.07, 6.45) is 4.94. The van der Waals surface area contributed by atoms with Crippen LogP contribution in [-0.2, 0) is 0 Å². The first-order chi connectivity index (χ1) is 9.20. The molecule has 0 saturated heterocycles. The molecule has 0 spiro atoms. The molecule has 0 radical (unpaired) electrons. The van der Waals surface area contributed by atoms with Crippen molar-refractivity contribution in [3.05, 3.63) is 28.9 Å². The van der Waals surface area contributed by atoms with Crippen LogP contribution in [0.5, 0.6) is 5.75 Å². The Bertz CT molecular complexity index is 621. The van der Waals surface area contributed by atoms with Gasteiger partial charge in [0.25, 0.3) is 0 Å². The smallest absolute Gasteiger partial charge is 0.145 e. The van der Waals surface area contributed by atoms with Gasteiger partial charge in [0.05, 0.1) is 12.1 Å². The molecule has 3 rings (SSSR count). The summed E-state index contributed by atoms with van der Waals surface area (Å²) in [6.45, 7) is 0. The predicted molar refractivity (Wildman–Crippen MR) is 78.9 cm³/mol. The van der Waals surface area contributed by atoms with Crippen molar-refractivity contribution in [2.45, 2.75) is 31.6 Å². The van der Waals surface area contributed by atoms with Gasteiger partial charge in [-0.15, -0.1) is 0 Å². The normalized spacial score (nSPS) is 16.1. The maximum Gasteiger partial charge on any atom is 0.145 e. The average Bonchev–Trinajstić information content (AvgIpc) is 2.92. The van der Waals surface area contributed by atoms with Crippen molar-refractivity contribution < 1.29 is 4.74 Å². The maximum atomic E-state index is 6.23. The summed E-state index contributed by atoms with van der Waals surface area (Å²) < 4.78 is 5.38. The van der Waals surface area contributed by atoms with Gasteiger partial charge in [-0.1, -0.05) is 24.4 Å². The van der Waals surface area contributed by atoms with Crippen LogP contribution in [0.4, 0.5) is 5.69 Å². The molecular formula is C15H17ClN2O. The van der Waals surface area contributed by atoms with Gasteiger partial charge < -0.3 is 10.5 Å². The molecule has 2 N–H and O–H groups in total. The molecule has 0 atom stereocenters. The number of halogens is 1. The van der Waals surface area contributed by atoms with Crippen LogP contribution in [0, 0.1) is 0 Å². The Hall–Kier alpha value is -1.48. The van der Waals surface area contributed by atoms with Crippen molar-refractivity contribution in [2.24, 2.45) is 0 Å². The maximum absolute atomic E-state index is 6.23. The zero-order chi connectivity index (χ0) is 13.4. The van der Waals surface area contributed by atoms with Gasteiger partial charge in [0.15, 0.2) is 0 Å². The van der Waals surface area contributed by atoms with Crippen LogP contribution in [0.15, 0.2) is 18.2 Å². The van der Waals surface area contributed by atoms with E-state index in [0.717, 1.165) is 22.3 Å². The molecule has 2 aromatic rings. The Morgan fingerprint density at radius 3 is 2.74 bits per heavy atom. The number of aromatic nitrogens is 1. The number of hydrogen-bond donors (Lipinski definition) is 1. The number of ether oxygens (including phenoxy) is 1. The van der Waals surface area contributed by atoms with Crippen LogP contribution >= 0.6 is 11.6 Å². The molecule has 1 aromatic carbocycles. The molecule has 0 unspecified atom stereocenters. The second-order valence-corrected chi connectivity index (χ2v) is 5.50. The van der Waals surface area contributed by atoms with Crippen molar-refractivity contribution in [1.82, 2.24) is 4.98 Å². The second kappa shape index (κ2) is 4.89. The second-order valence-electron chi connectivity index (χ2n) is 5.09. The number of hydrogen-bond acceptors (Lipinski definition) is 3. The number of benzene rings is 1. The van der Waals surface area contributed by atoms with Gasteiger partial charge in [0, 0.05) is 22.7 Å². The first-order valence-electron chi connectivity index (χ1n) is 6.63. The molecule has 1 fully saturated rings. The number of nitrogens with two attached hydrogens (primary N) is 1. The highest BCUT2D eigenvalue weighted by atomic mass is 35.5. The molecular weight excluding hydrogens is 260 g/mol. The monoisotopic (exact) mass is 276 g/mol. The van der Waals surface area contributed by atoms with Crippen LogP contribution in [-0.4, -0.2) is 12.1 Å². The molecule has 1 aliphatic rings. The number of anilines is 1. The molecule has 1 aromatic heterocycles. The zero-order valence-corrected chi connectivity index (χ0v) is 11.7. The Balaban J connectivity index is 2.23. The fourth-order valence-electron chi connectivity index (χ4n) is 2.92. The fourth-order valence-corrected chi connectivity index (χ4v) is 3.18. The van der Waals surface area contributed by atoms with E-state index in [9.17, 15) is 0 Å². The fraction of sp³-hybridized carbons (Fsp3) is 0.400. The van der Waals surface area contributed by atoms with E-state index in [1.54, 1.807) is 13.2 Å². The van der Waals surface area contributed by atoms with Gasteiger partial charge in [0.1, 0.15) is 11.3 Å². The lowest BCUT2D eigenvalue weighted by atomic mass is 10.0. The molecule has 19 heavy (non-hydrogen) atoms. The Morgan fingerprint density at radius 2 is 2.05 bits per heavy atom. The van der Waals surface area contributed by atoms with E-state index in [2.05, 4.69) is 0 Å². The van der Waals surface area contributed by atoms with Gasteiger partial charge in [0.2, 0.25) is 0 Å². The van der Waals surface area contributed by atoms with E-state index in [1.807, 2.05) is 12.1 Å². The number of nitrogens with zero attached hydrogens (tertiary/aromatic N) is 1. The van der Waals surface area contributed by atoms with Crippen LogP contribution in [0.3, 0.4) is 0 Å². The van der Waals surface area contributed by atoms with E-state index < -0.39 is 0 Å². The summed E-state index contributed by atoms with van der Waals surface area (Å²) in [4.78, 5) is 4.76. The van der Waals surface area contributed by atoms with E-state index >= 15 is 0 Å². The molecule has 100 valence electrons. The standard InChI is InChI=1S/C15H17ClN2O/c1-19-13-7-6-10(16)14-11(17)8-12(18-15(13)14)9-4-2-3-5-9/h6-9H,2-5H2,1H3,(H2,17,18). The summed E-state index contributed by atoms with van der Waals surface area (Å²) in [5.74, 6) is 1.25. The third kappa shape index (κ3) is 2.12. The first-order valence-corrected chi connectivity index (χ1v) is 7.01. The Morgan fingerprint density at radius 1 is 1.32 bits per heavy atom. The quantitative estimate of drug-likeness (QED) is 0.897. The third-order valence-electron chi connectivity index (χ3n) is 3.92. The zero-order valence-electron chi connectivity index (χ0n) is 10.9. The summed E-state index contributed by atoms with van der Waals surface area (Å²) >= 11 is 6.23. The average molecular weight is 277 g/mol. The minimum atomic E-state index is 0.524. The lowest BCUT2D eigenvalue weighted by molar-refractivity contribution is 0.418. The molecule has 4 heteroatoms. The minimum Gasteiger partial charge on any atom is -0.494 e. The summed E-state index contributed by atoms with van der Waals surface area (Å²) in [7, 11) is 1.64. The van der Waals surface area contributed by atoms with Crippen molar-refractivity contribution in [2.75, 3.05) is 12.8 Å². The molecule has 1 heterocycles. The lowest BCUT2D eigenvalue weighted by Crippen LogP contribution is -2.01. The highest BCUT2D eigenvalue weighted by molar-refractivity contribution is 6.36. The van der Waals surface area contributed by atoms with E-state index in [-0.39, 0.29) is 0 Å². The van der Waals surface area contributed by atoms with E-state index in [0.29, 0.717) is 16.6 Å². The Labute approximate surface area is 117 Å². The summed E-state index contributed by atoms with van der Waals surface area (Å²) in [5.41, 5.74) is 8.71. The van der Waals surface area contributed by atoms with Crippen molar-refractivity contribution in [3.8, 4) is 5.75 Å². The molecule has 1 aliphatic carbocycles. The van der Waals surface area contributed by atoms with Gasteiger partial charge in [-0.25, -0.2) is 4.98 Å². The van der Waals surface area contributed by atoms with Crippen LogP contribution in [0.2, 0.25) is 5.02 Å². The number of rotatable bonds is 2. The number of methoxy groups -OCH3 is 1. The highest BCUT2D eigenvalue weighted by Gasteiger charge is 2.21. The molecule has 1 saturated carbocycles. The minimum absolute atomic E-state index is 0.524. The largest absolute Gasteiger partial charge is 0.494 e. The van der Waals surface area contributed by atoms with Crippen LogP contribution in [0.1, 0.15) is 37.3 Å². The van der Waals surface area contributed by atoms with Gasteiger partial charge in [-0.05, 0) is 31.0 Å². The highest BCUT2D eigenvalue weighted by Crippen LogP contribution is 2.39. The third-order valence-corrected chi connectivity index (χ3v) is 4.23. The van der Waals surface area contributed by atoms with Gasteiger partial charge in [-0.3, -0.25) is 0 Å². The Kier molecular flexibility index (Phi) is 3.23. The predicted octanol–water partition coefficient (Wildman–Crippen LogP) is 4.14. The number of nitrogen functional groups attached to an aromatic ring is 1. The SMILES string of the molecule is COc1ccc(Cl)c2c(N)cc(C3CCCC3)nc12. The van der Waals surface area contributed by atoms with Crippen molar-refractivity contribution in [1.29, 1.82) is 0 Å². The van der Waals surface area contributed by atoms with Gasteiger partial charge in [-0.2, -0.15) is 0 Å². The van der Waals surface area contributed by atoms with Crippen LogP contribution in [0.25, 0.3) is 10.9 Å². The van der Waals surface area contributed by atoms with E-state index in [4.69, 9.17) is 27.1 Å². The van der Waals surface area contributed by atoms with Crippen molar-refractivity contribution in [3.63, 3.8) is 0 Å². The topological polar surface area (TPSA) is 48.1 Å². The summed E-state index contributed by atoms with van der Waals surface area (Å²) in [5, 5.41) is 1.42. The molecule has 0 amide bonds. The lowest BCUT2D eigenvalue weighted by Gasteiger charge is -2.14. The van der Waals surface area contributed by atoms with E-state index in [1.165, 1.54) is 25.7 Å². The molecule has 0 bridgehead atoms. The van der Waals surface area contributed by atoms with Crippen molar-refractivity contribution >= 4 is 28.2 Å². The van der Waals surface area contributed by atoms with Crippen LogP contribution < -0.4 is 10.5 Å². The first kappa shape index (κ1) is 12.5. The van der Waals surface area contributed by atoms with Gasteiger partial charge >= 0.3 is 0 Å².